The van der Waals surface area contributed by atoms with Crippen LogP contribution < -0.4 is 0 Å². The molecule has 0 radical (unpaired) electrons. The minimum Gasteiger partial charge on any atom is -0.258 e. The average Bonchev–Trinajstić information content (AvgIpc) is 2.37. The monoisotopic (exact) mass is 303 g/mol. The lowest BCUT2D eigenvalue weighted by molar-refractivity contribution is -0.383. The van der Waals surface area contributed by atoms with Gasteiger partial charge in [0.25, 0.3) is 5.69 Å². The number of fused-ring (bicyclic) bond motifs is 2. The summed E-state index contributed by atoms with van der Waals surface area (Å²) in [6.07, 6.45) is 0. The second-order valence-electron chi connectivity index (χ2n) is 3.73. The molecule has 0 atom stereocenters. The second kappa shape index (κ2) is 3.99. The van der Waals surface area contributed by atoms with Gasteiger partial charge in [0.1, 0.15) is 5.52 Å². The smallest absolute Gasteiger partial charge is 0.258 e. The van der Waals surface area contributed by atoms with Gasteiger partial charge in [0.15, 0.2) is 5.52 Å². The van der Waals surface area contributed by atoms with Crippen LogP contribution in [0.15, 0.2) is 40.9 Å². The summed E-state index contributed by atoms with van der Waals surface area (Å²) < 4.78 is 0.696. The summed E-state index contributed by atoms with van der Waals surface area (Å²) in [5, 5.41) is 11.0. The number of aromatic nitrogens is 2. The van der Waals surface area contributed by atoms with Crippen molar-refractivity contribution in [2.75, 3.05) is 0 Å². The fourth-order valence-corrected chi connectivity index (χ4v) is 2.21. The van der Waals surface area contributed by atoms with E-state index in [1.807, 2.05) is 18.2 Å². The predicted octanol–water partition coefficient (Wildman–Crippen LogP) is 3.45. The first-order chi connectivity index (χ1) is 8.66. The van der Waals surface area contributed by atoms with Crippen molar-refractivity contribution in [2.24, 2.45) is 0 Å². The number of nitrogens with zero attached hydrogens (tertiary/aromatic N) is 3. The molecule has 88 valence electrons. The minimum absolute atomic E-state index is 0.0357. The van der Waals surface area contributed by atoms with E-state index < -0.39 is 4.92 Å². The molecule has 0 spiro atoms. The number of halogens is 1. The highest BCUT2D eigenvalue weighted by Crippen LogP contribution is 2.30. The van der Waals surface area contributed by atoms with Gasteiger partial charge in [0.05, 0.1) is 16.0 Å². The molecule has 0 saturated heterocycles. The fourth-order valence-electron chi connectivity index (χ4n) is 1.80. The van der Waals surface area contributed by atoms with E-state index >= 15 is 0 Å². The Morgan fingerprint density at radius 2 is 1.61 bits per heavy atom. The van der Waals surface area contributed by atoms with E-state index in [9.17, 15) is 10.1 Å². The lowest BCUT2D eigenvalue weighted by Crippen LogP contribution is -1.94. The Morgan fingerprint density at radius 1 is 1.00 bits per heavy atom. The van der Waals surface area contributed by atoms with E-state index in [0.717, 1.165) is 0 Å². The maximum atomic E-state index is 11.0. The van der Waals surface area contributed by atoms with Crippen LogP contribution in [0.1, 0.15) is 0 Å². The Balaban J connectivity index is 2.52. The maximum Gasteiger partial charge on any atom is 0.297 e. The molecule has 0 aliphatic carbocycles. The highest BCUT2D eigenvalue weighted by atomic mass is 79.9. The Morgan fingerprint density at radius 3 is 2.22 bits per heavy atom. The van der Waals surface area contributed by atoms with Gasteiger partial charge in [-0.2, -0.15) is 0 Å². The predicted molar refractivity (Wildman–Crippen MR) is 71.4 cm³/mol. The zero-order chi connectivity index (χ0) is 12.7. The van der Waals surface area contributed by atoms with Crippen molar-refractivity contribution in [2.45, 2.75) is 0 Å². The van der Waals surface area contributed by atoms with Gasteiger partial charge in [-0.1, -0.05) is 12.1 Å². The lowest BCUT2D eigenvalue weighted by Gasteiger charge is -2.03. The van der Waals surface area contributed by atoms with Crippen LogP contribution in [-0.2, 0) is 0 Å². The first-order valence-corrected chi connectivity index (χ1v) is 5.95. The summed E-state index contributed by atoms with van der Waals surface area (Å²) in [6, 6.07) is 10.3. The van der Waals surface area contributed by atoms with Crippen molar-refractivity contribution in [3.63, 3.8) is 0 Å². The first kappa shape index (κ1) is 11.0. The number of hydrogen-bond donors (Lipinski definition) is 0. The van der Waals surface area contributed by atoms with Crippen LogP contribution in [-0.4, -0.2) is 14.9 Å². The van der Waals surface area contributed by atoms with Gasteiger partial charge >= 0.3 is 0 Å². The number of nitro groups is 1. The SMILES string of the molecule is O=[N+]([O-])c1ccc(Br)c2nc3ccccc3nc12. The van der Waals surface area contributed by atoms with Gasteiger partial charge in [-0.05, 0) is 34.1 Å². The highest BCUT2D eigenvalue weighted by molar-refractivity contribution is 9.10. The van der Waals surface area contributed by atoms with Crippen molar-refractivity contribution in [1.82, 2.24) is 9.97 Å². The average molecular weight is 304 g/mol. The van der Waals surface area contributed by atoms with Crippen LogP contribution >= 0.6 is 15.9 Å². The first-order valence-electron chi connectivity index (χ1n) is 5.16. The molecule has 0 unspecified atom stereocenters. The van der Waals surface area contributed by atoms with Crippen LogP contribution in [0.4, 0.5) is 5.69 Å². The number of non-ortho nitro benzene ring substituents is 1. The third-order valence-corrected chi connectivity index (χ3v) is 3.26. The topological polar surface area (TPSA) is 68.9 Å². The molecule has 0 bridgehead atoms. The molecule has 0 N–H and O–H groups in total. The van der Waals surface area contributed by atoms with E-state index in [0.29, 0.717) is 26.5 Å². The third kappa shape index (κ3) is 1.62. The second-order valence-corrected chi connectivity index (χ2v) is 4.59. The zero-order valence-electron chi connectivity index (χ0n) is 9.00. The number of para-hydroxylation sites is 2. The van der Waals surface area contributed by atoms with Crippen LogP contribution in [0, 0.1) is 10.1 Å². The van der Waals surface area contributed by atoms with Gasteiger partial charge in [0.2, 0.25) is 0 Å². The van der Waals surface area contributed by atoms with E-state index in [-0.39, 0.29) is 5.69 Å². The molecule has 0 fully saturated rings. The molecule has 1 heterocycles. The minimum atomic E-state index is -0.446. The van der Waals surface area contributed by atoms with E-state index in [1.54, 1.807) is 12.1 Å². The number of benzene rings is 2. The van der Waals surface area contributed by atoms with Crippen molar-refractivity contribution < 1.29 is 4.92 Å². The molecule has 0 amide bonds. The third-order valence-electron chi connectivity index (χ3n) is 2.62. The van der Waals surface area contributed by atoms with Crippen molar-refractivity contribution in [3.05, 3.63) is 51.0 Å². The Hall–Kier alpha value is -2.08. The van der Waals surface area contributed by atoms with Gasteiger partial charge in [-0.3, -0.25) is 10.1 Å². The highest BCUT2D eigenvalue weighted by Gasteiger charge is 2.16. The molecule has 1 aromatic heterocycles. The van der Waals surface area contributed by atoms with E-state index in [2.05, 4.69) is 25.9 Å². The molecule has 6 heteroatoms. The molecule has 0 aliphatic heterocycles. The van der Waals surface area contributed by atoms with E-state index in [1.165, 1.54) is 6.07 Å². The van der Waals surface area contributed by atoms with Crippen LogP contribution in [0.5, 0.6) is 0 Å². The van der Waals surface area contributed by atoms with Crippen molar-refractivity contribution in [1.29, 1.82) is 0 Å². The normalized spacial score (nSPS) is 10.9. The Kier molecular flexibility index (Phi) is 2.45. The summed E-state index contributed by atoms with van der Waals surface area (Å²) >= 11 is 3.34. The molecule has 2 aromatic carbocycles. The zero-order valence-corrected chi connectivity index (χ0v) is 10.6. The standard InChI is InChI=1S/C12H6BrN3O2/c13-7-5-6-10(16(17)18)12-11(7)14-8-3-1-2-4-9(8)15-12/h1-6H. The summed E-state index contributed by atoms with van der Waals surface area (Å²) in [7, 11) is 0. The van der Waals surface area contributed by atoms with Gasteiger partial charge in [-0.15, -0.1) is 0 Å². The fraction of sp³-hybridized carbons (Fsp3) is 0. The van der Waals surface area contributed by atoms with Gasteiger partial charge in [-0.25, -0.2) is 9.97 Å². The van der Waals surface area contributed by atoms with Gasteiger partial charge in [0, 0.05) is 10.5 Å². The molecular weight excluding hydrogens is 298 g/mol. The molecule has 5 nitrogen and oxygen atoms in total. The number of rotatable bonds is 1. The largest absolute Gasteiger partial charge is 0.297 e. The lowest BCUT2D eigenvalue weighted by atomic mass is 10.2. The van der Waals surface area contributed by atoms with Crippen molar-refractivity contribution in [3.8, 4) is 0 Å². The van der Waals surface area contributed by atoms with Crippen LogP contribution in [0.25, 0.3) is 22.1 Å². The summed E-state index contributed by atoms with van der Waals surface area (Å²) in [5.41, 5.74) is 2.12. The quantitative estimate of drug-likeness (QED) is 0.392. The number of nitro benzene ring substituents is 1. The molecule has 3 aromatic rings. The summed E-state index contributed by atoms with van der Waals surface area (Å²) in [5.74, 6) is 0. The summed E-state index contributed by atoms with van der Waals surface area (Å²) in [4.78, 5) is 19.3. The number of hydrogen-bond acceptors (Lipinski definition) is 4. The van der Waals surface area contributed by atoms with Gasteiger partial charge < -0.3 is 0 Å². The van der Waals surface area contributed by atoms with Crippen LogP contribution in [0.2, 0.25) is 0 Å². The molecule has 0 saturated carbocycles. The maximum absolute atomic E-state index is 11.0. The van der Waals surface area contributed by atoms with Crippen LogP contribution in [0.3, 0.4) is 0 Å². The molecule has 18 heavy (non-hydrogen) atoms. The molecule has 3 rings (SSSR count). The Bertz CT molecular complexity index is 789. The molecule has 0 aliphatic rings. The van der Waals surface area contributed by atoms with Crippen molar-refractivity contribution >= 4 is 43.7 Å². The molecular formula is C12H6BrN3O2. The van der Waals surface area contributed by atoms with E-state index in [4.69, 9.17) is 0 Å². The summed E-state index contributed by atoms with van der Waals surface area (Å²) in [6.45, 7) is 0. The Labute approximate surface area is 110 Å².